The molecule has 1 aromatic heterocycles. The van der Waals surface area contributed by atoms with Crippen LogP contribution >= 0.6 is 0 Å². The number of esters is 1. The van der Waals surface area contributed by atoms with Crippen LogP contribution in [0.3, 0.4) is 0 Å². The first-order valence-corrected chi connectivity index (χ1v) is 9.43. The Hall–Kier alpha value is -3.68. The molecule has 4 rings (SSSR count). The van der Waals surface area contributed by atoms with Crippen LogP contribution in [-0.2, 0) is 4.74 Å². The van der Waals surface area contributed by atoms with Crippen molar-refractivity contribution >= 4 is 29.1 Å². The lowest BCUT2D eigenvalue weighted by atomic mass is 10.2. The molecule has 1 N–H and O–H groups in total. The van der Waals surface area contributed by atoms with Gasteiger partial charge in [-0.1, -0.05) is 30.3 Å². The minimum atomic E-state index is -0.410. The predicted molar refractivity (Wildman–Crippen MR) is 112 cm³/mol. The molecule has 0 saturated carbocycles. The summed E-state index contributed by atoms with van der Waals surface area (Å²) in [7, 11) is 1.36. The van der Waals surface area contributed by atoms with Gasteiger partial charge in [0.2, 0.25) is 5.95 Å². The highest BCUT2D eigenvalue weighted by Crippen LogP contribution is 2.22. The Morgan fingerprint density at radius 1 is 0.966 bits per heavy atom. The lowest BCUT2D eigenvalue weighted by Gasteiger charge is -2.35. The second kappa shape index (κ2) is 8.55. The Kier molecular flexibility index (Phi) is 5.51. The molecule has 0 amide bonds. The normalized spacial score (nSPS) is 13.8. The van der Waals surface area contributed by atoms with Crippen LogP contribution in [0.1, 0.15) is 10.4 Å². The highest BCUT2D eigenvalue weighted by Gasteiger charge is 2.20. The minimum Gasteiger partial charge on any atom is -0.465 e. The monoisotopic (exact) mass is 390 g/mol. The van der Waals surface area contributed by atoms with E-state index in [-0.39, 0.29) is 0 Å². The van der Waals surface area contributed by atoms with E-state index in [2.05, 4.69) is 54.6 Å². The summed E-state index contributed by atoms with van der Waals surface area (Å²) in [6.45, 7) is 3.38. The minimum absolute atomic E-state index is 0.410. The van der Waals surface area contributed by atoms with Crippen molar-refractivity contribution in [2.24, 2.45) is 0 Å². The van der Waals surface area contributed by atoms with E-state index in [9.17, 15) is 4.79 Å². The Balaban J connectivity index is 1.46. The number of nitrogens with zero attached hydrogens (tertiary/aromatic N) is 5. The van der Waals surface area contributed by atoms with Gasteiger partial charge >= 0.3 is 5.97 Å². The van der Waals surface area contributed by atoms with E-state index < -0.39 is 5.97 Å². The van der Waals surface area contributed by atoms with E-state index in [1.54, 1.807) is 18.2 Å². The van der Waals surface area contributed by atoms with Crippen LogP contribution in [0, 0.1) is 0 Å². The van der Waals surface area contributed by atoms with Gasteiger partial charge in [-0.2, -0.15) is 10.1 Å². The molecule has 8 heteroatoms. The van der Waals surface area contributed by atoms with Crippen LogP contribution < -0.4 is 15.1 Å². The fourth-order valence-corrected chi connectivity index (χ4v) is 3.31. The topological polar surface area (TPSA) is 83.5 Å². The number of para-hydroxylation sites is 2. The first-order valence-electron chi connectivity index (χ1n) is 9.43. The summed E-state index contributed by atoms with van der Waals surface area (Å²) in [6.07, 6.45) is 1.54. The Labute approximate surface area is 169 Å². The van der Waals surface area contributed by atoms with E-state index in [0.717, 1.165) is 26.2 Å². The van der Waals surface area contributed by atoms with E-state index in [0.29, 0.717) is 23.0 Å². The van der Waals surface area contributed by atoms with Crippen molar-refractivity contribution < 1.29 is 9.53 Å². The zero-order valence-corrected chi connectivity index (χ0v) is 16.2. The molecular weight excluding hydrogens is 368 g/mol. The fourth-order valence-electron chi connectivity index (χ4n) is 3.31. The molecule has 2 heterocycles. The number of rotatable bonds is 5. The smallest absolute Gasteiger partial charge is 0.339 e. The van der Waals surface area contributed by atoms with Crippen molar-refractivity contribution in [1.29, 1.82) is 0 Å². The predicted octanol–water partition coefficient (Wildman–Crippen LogP) is 2.73. The van der Waals surface area contributed by atoms with Gasteiger partial charge in [0.15, 0.2) is 5.82 Å². The molecule has 1 fully saturated rings. The number of aromatic nitrogens is 3. The SMILES string of the molecule is COC(=O)c1ccccc1Nc1cnnc(N2CCN(c3ccccc3)CC2)n1. The second-order valence-electron chi connectivity index (χ2n) is 6.61. The van der Waals surface area contributed by atoms with E-state index in [1.165, 1.54) is 19.0 Å². The third-order valence-corrected chi connectivity index (χ3v) is 4.83. The summed E-state index contributed by atoms with van der Waals surface area (Å²) in [4.78, 5) is 21.0. The van der Waals surface area contributed by atoms with Crippen LogP contribution in [0.25, 0.3) is 0 Å². The molecule has 148 valence electrons. The first-order chi connectivity index (χ1) is 14.2. The number of methoxy groups -OCH3 is 1. The van der Waals surface area contributed by atoms with Gasteiger partial charge in [0, 0.05) is 31.9 Å². The molecule has 1 saturated heterocycles. The van der Waals surface area contributed by atoms with Crippen LogP contribution in [0.15, 0.2) is 60.8 Å². The third-order valence-electron chi connectivity index (χ3n) is 4.83. The van der Waals surface area contributed by atoms with Crippen molar-refractivity contribution in [3.63, 3.8) is 0 Å². The van der Waals surface area contributed by atoms with Gasteiger partial charge in [-0.25, -0.2) is 4.79 Å². The Morgan fingerprint density at radius 2 is 1.66 bits per heavy atom. The average Bonchev–Trinajstić information content (AvgIpc) is 2.80. The van der Waals surface area contributed by atoms with Crippen LogP contribution in [0.2, 0.25) is 0 Å². The molecule has 2 aromatic carbocycles. The second-order valence-corrected chi connectivity index (χ2v) is 6.61. The molecule has 0 aliphatic carbocycles. The standard InChI is InChI=1S/C21H22N6O2/c1-29-20(28)17-9-5-6-10-18(17)23-19-15-22-25-21(24-19)27-13-11-26(12-14-27)16-7-3-2-4-8-16/h2-10,15H,11-14H2,1H3,(H,23,24,25). The van der Waals surface area contributed by atoms with E-state index in [4.69, 9.17) is 4.74 Å². The van der Waals surface area contributed by atoms with Crippen molar-refractivity contribution in [1.82, 2.24) is 15.2 Å². The summed E-state index contributed by atoms with van der Waals surface area (Å²) in [5, 5.41) is 11.4. The van der Waals surface area contributed by atoms with E-state index in [1.807, 2.05) is 12.1 Å². The molecule has 8 nitrogen and oxygen atoms in total. The van der Waals surface area contributed by atoms with Gasteiger partial charge < -0.3 is 19.9 Å². The Morgan fingerprint density at radius 3 is 2.41 bits per heavy atom. The Bertz CT molecular complexity index is 974. The molecule has 1 aliphatic heterocycles. The van der Waals surface area contributed by atoms with Gasteiger partial charge in [-0.15, -0.1) is 5.10 Å². The summed E-state index contributed by atoms with van der Waals surface area (Å²) in [6, 6.07) is 17.5. The largest absolute Gasteiger partial charge is 0.465 e. The quantitative estimate of drug-likeness (QED) is 0.666. The molecule has 0 spiro atoms. The number of hydrogen-bond donors (Lipinski definition) is 1. The van der Waals surface area contributed by atoms with Crippen molar-refractivity contribution in [2.45, 2.75) is 0 Å². The summed E-state index contributed by atoms with van der Waals surface area (Å²) < 4.78 is 4.84. The third kappa shape index (κ3) is 4.26. The molecule has 0 bridgehead atoms. The number of hydrogen-bond acceptors (Lipinski definition) is 8. The zero-order chi connectivity index (χ0) is 20.1. The maximum Gasteiger partial charge on any atom is 0.339 e. The van der Waals surface area contributed by atoms with Gasteiger partial charge in [0.25, 0.3) is 0 Å². The van der Waals surface area contributed by atoms with E-state index >= 15 is 0 Å². The number of benzene rings is 2. The maximum absolute atomic E-state index is 12.0. The van der Waals surface area contributed by atoms with Gasteiger partial charge in [-0.3, -0.25) is 0 Å². The molecule has 3 aromatic rings. The molecule has 0 unspecified atom stereocenters. The van der Waals surface area contributed by atoms with Crippen LogP contribution in [0.4, 0.5) is 23.1 Å². The lowest BCUT2D eigenvalue weighted by molar-refractivity contribution is 0.0602. The zero-order valence-electron chi connectivity index (χ0n) is 16.2. The van der Waals surface area contributed by atoms with Gasteiger partial charge in [0.1, 0.15) is 0 Å². The number of anilines is 4. The number of carbonyl (C=O) groups excluding carboxylic acids is 1. The number of piperazine rings is 1. The van der Waals surface area contributed by atoms with Gasteiger partial charge in [0.05, 0.1) is 24.6 Å². The van der Waals surface area contributed by atoms with Crippen molar-refractivity contribution in [2.75, 3.05) is 48.4 Å². The summed E-state index contributed by atoms with van der Waals surface area (Å²) in [5.74, 6) is 0.683. The molecule has 0 radical (unpaired) electrons. The molecule has 1 aliphatic rings. The van der Waals surface area contributed by atoms with Crippen LogP contribution in [0.5, 0.6) is 0 Å². The highest BCUT2D eigenvalue weighted by molar-refractivity contribution is 5.96. The number of nitrogens with one attached hydrogen (secondary N) is 1. The number of ether oxygens (including phenoxy) is 1. The lowest BCUT2D eigenvalue weighted by Crippen LogP contribution is -2.47. The molecular formula is C21H22N6O2. The van der Waals surface area contributed by atoms with Gasteiger partial charge in [-0.05, 0) is 24.3 Å². The highest BCUT2D eigenvalue weighted by atomic mass is 16.5. The first kappa shape index (κ1) is 18.7. The number of carbonyl (C=O) groups is 1. The summed E-state index contributed by atoms with van der Waals surface area (Å²) >= 11 is 0. The van der Waals surface area contributed by atoms with Crippen LogP contribution in [-0.4, -0.2) is 54.4 Å². The molecule has 29 heavy (non-hydrogen) atoms. The van der Waals surface area contributed by atoms with Crippen molar-refractivity contribution in [3.8, 4) is 0 Å². The maximum atomic E-state index is 12.0. The fraction of sp³-hybridized carbons (Fsp3) is 0.238. The summed E-state index contributed by atoms with van der Waals surface area (Å²) in [5.41, 5.74) is 2.27. The average molecular weight is 390 g/mol. The molecule has 0 atom stereocenters. The van der Waals surface area contributed by atoms with Crippen molar-refractivity contribution in [3.05, 3.63) is 66.4 Å².